The van der Waals surface area contributed by atoms with Gasteiger partial charge in [-0.05, 0) is 25.0 Å². The highest BCUT2D eigenvalue weighted by atomic mass is 32.2. The van der Waals surface area contributed by atoms with Crippen LogP contribution in [0, 0.1) is 11.3 Å². The average Bonchev–Trinajstić information content (AvgIpc) is 2.87. The zero-order valence-corrected chi connectivity index (χ0v) is 11.3. The predicted octanol–water partition coefficient (Wildman–Crippen LogP) is 0.503. The first kappa shape index (κ1) is 13.9. The summed E-state index contributed by atoms with van der Waals surface area (Å²) in [7, 11) is -3.64. The molecule has 0 unspecified atom stereocenters. The Morgan fingerprint density at radius 1 is 1.42 bits per heavy atom. The Hall–Kier alpha value is -1.49. The van der Waals surface area contributed by atoms with Gasteiger partial charge in [-0.2, -0.15) is 5.26 Å². The predicted molar refractivity (Wildman–Crippen MR) is 69.5 cm³/mol. The fraction of sp³-hybridized carbons (Fsp3) is 0.500. The van der Waals surface area contributed by atoms with E-state index in [1.165, 1.54) is 18.3 Å². The summed E-state index contributed by atoms with van der Waals surface area (Å²) >= 11 is 0. The smallest absolute Gasteiger partial charge is 0.242 e. The number of hydrogen-bond donors (Lipinski definition) is 2. The first-order valence-electron chi connectivity index (χ1n) is 6.12. The molecule has 0 radical (unpaired) electrons. The first-order valence-corrected chi connectivity index (χ1v) is 7.60. The van der Waals surface area contributed by atoms with Crippen LogP contribution in [0.5, 0.6) is 0 Å². The highest BCUT2D eigenvalue weighted by Gasteiger charge is 2.36. The number of sulfonamides is 1. The molecule has 6 nitrogen and oxygen atoms in total. The molecule has 0 spiro atoms. The molecule has 0 aromatic carbocycles. The van der Waals surface area contributed by atoms with E-state index in [2.05, 4.69) is 9.71 Å². The molecule has 3 N–H and O–H groups in total. The number of pyridine rings is 1. The molecular formula is C12H16N4O2S. The van der Waals surface area contributed by atoms with Gasteiger partial charge in [0, 0.05) is 18.3 Å². The van der Waals surface area contributed by atoms with Crippen molar-refractivity contribution in [2.45, 2.75) is 36.1 Å². The van der Waals surface area contributed by atoms with Crippen LogP contribution in [0.3, 0.4) is 0 Å². The van der Waals surface area contributed by atoms with Gasteiger partial charge in [-0.1, -0.05) is 12.8 Å². The molecule has 19 heavy (non-hydrogen) atoms. The number of nitrogens with zero attached hydrogens (tertiary/aromatic N) is 2. The van der Waals surface area contributed by atoms with Crippen LogP contribution in [-0.2, 0) is 10.0 Å². The molecular weight excluding hydrogens is 264 g/mol. The topological polar surface area (TPSA) is 109 Å². The van der Waals surface area contributed by atoms with Gasteiger partial charge in [0.15, 0.2) is 0 Å². The summed E-state index contributed by atoms with van der Waals surface area (Å²) < 4.78 is 27.2. The molecule has 0 amide bonds. The van der Waals surface area contributed by atoms with Gasteiger partial charge in [-0.25, -0.2) is 18.1 Å². The van der Waals surface area contributed by atoms with Crippen molar-refractivity contribution in [1.29, 1.82) is 5.26 Å². The highest BCUT2D eigenvalue weighted by molar-refractivity contribution is 7.89. The summed E-state index contributed by atoms with van der Waals surface area (Å²) in [6.45, 7) is 0.288. The van der Waals surface area contributed by atoms with Gasteiger partial charge < -0.3 is 5.73 Å². The lowest BCUT2D eigenvalue weighted by Gasteiger charge is -2.28. The van der Waals surface area contributed by atoms with Crippen molar-refractivity contribution in [3.8, 4) is 6.07 Å². The SMILES string of the molecule is N#Cc1ccc(S(=O)(=O)NC2(CN)CCCC2)cn1. The molecule has 7 heteroatoms. The van der Waals surface area contributed by atoms with E-state index in [1.54, 1.807) is 0 Å². The molecule has 0 saturated heterocycles. The molecule has 1 aliphatic carbocycles. The third-order valence-electron chi connectivity index (χ3n) is 3.46. The van der Waals surface area contributed by atoms with Crippen LogP contribution in [0.15, 0.2) is 23.2 Å². The molecule has 1 saturated carbocycles. The minimum absolute atomic E-state index is 0.0613. The molecule has 2 rings (SSSR count). The van der Waals surface area contributed by atoms with E-state index in [-0.39, 0.29) is 17.1 Å². The molecule has 0 aliphatic heterocycles. The Balaban J connectivity index is 2.24. The van der Waals surface area contributed by atoms with E-state index in [0.29, 0.717) is 0 Å². The van der Waals surface area contributed by atoms with Crippen LogP contribution in [0.2, 0.25) is 0 Å². The average molecular weight is 280 g/mol. The van der Waals surface area contributed by atoms with Crippen LogP contribution in [0.25, 0.3) is 0 Å². The lowest BCUT2D eigenvalue weighted by atomic mass is 10.0. The monoisotopic (exact) mass is 280 g/mol. The lowest BCUT2D eigenvalue weighted by molar-refractivity contribution is 0.399. The van der Waals surface area contributed by atoms with Crippen LogP contribution >= 0.6 is 0 Å². The van der Waals surface area contributed by atoms with Gasteiger partial charge in [-0.3, -0.25) is 0 Å². The molecule has 0 bridgehead atoms. The van der Waals surface area contributed by atoms with Gasteiger partial charge in [-0.15, -0.1) is 0 Å². The van der Waals surface area contributed by atoms with Gasteiger partial charge in [0.25, 0.3) is 0 Å². The van der Waals surface area contributed by atoms with Crippen LogP contribution in [0.1, 0.15) is 31.4 Å². The van der Waals surface area contributed by atoms with E-state index < -0.39 is 15.6 Å². The Bertz CT molecular complexity index is 583. The van der Waals surface area contributed by atoms with E-state index in [1.807, 2.05) is 6.07 Å². The quantitative estimate of drug-likeness (QED) is 0.835. The number of aromatic nitrogens is 1. The minimum Gasteiger partial charge on any atom is -0.329 e. The summed E-state index contributed by atoms with van der Waals surface area (Å²) in [6, 6.07) is 4.62. The second-order valence-corrected chi connectivity index (χ2v) is 6.47. The number of nitrogens with two attached hydrogens (primary N) is 1. The Labute approximate surface area is 112 Å². The normalized spacial score (nSPS) is 18.1. The Morgan fingerprint density at radius 2 is 2.11 bits per heavy atom. The number of hydrogen-bond acceptors (Lipinski definition) is 5. The lowest BCUT2D eigenvalue weighted by Crippen LogP contribution is -2.51. The first-order chi connectivity index (χ1) is 9.01. The Kier molecular flexibility index (Phi) is 3.85. The zero-order chi connectivity index (χ0) is 13.9. The fourth-order valence-corrected chi connectivity index (χ4v) is 3.76. The molecule has 1 heterocycles. The standard InChI is InChI=1S/C12H16N4O2S/c13-7-10-3-4-11(8-15-10)19(17,18)16-12(9-14)5-1-2-6-12/h3-4,8,16H,1-2,5-6,9,14H2. The molecule has 1 aliphatic rings. The van der Waals surface area contributed by atoms with E-state index in [4.69, 9.17) is 11.0 Å². The second kappa shape index (κ2) is 5.25. The maximum atomic E-state index is 12.3. The largest absolute Gasteiger partial charge is 0.329 e. The summed E-state index contributed by atoms with van der Waals surface area (Å²) in [5.74, 6) is 0. The van der Waals surface area contributed by atoms with Crippen molar-refractivity contribution in [2.75, 3.05) is 6.54 Å². The van der Waals surface area contributed by atoms with Gasteiger partial charge in [0.1, 0.15) is 16.7 Å². The molecule has 0 atom stereocenters. The molecule has 1 aromatic rings. The molecule has 1 fully saturated rings. The second-order valence-electron chi connectivity index (χ2n) is 4.79. The summed E-state index contributed by atoms with van der Waals surface area (Å²) in [4.78, 5) is 3.84. The Morgan fingerprint density at radius 3 is 2.58 bits per heavy atom. The van der Waals surface area contributed by atoms with Crippen LogP contribution in [0.4, 0.5) is 0 Å². The van der Waals surface area contributed by atoms with Crippen molar-refractivity contribution < 1.29 is 8.42 Å². The molecule has 1 aromatic heterocycles. The summed E-state index contributed by atoms with van der Waals surface area (Å²) in [5, 5.41) is 8.65. The van der Waals surface area contributed by atoms with E-state index in [9.17, 15) is 8.42 Å². The third-order valence-corrected chi connectivity index (χ3v) is 5.03. The zero-order valence-electron chi connectivity index (χ0n) is 10.5. The maximum Gasteiger partial charge on any atom is 0.242 e. The van der Waals surface area contributed by atoms with E-state index in [0.717, 1.165) is 25.7 Å². The number of nitrogens with one attached hydrogen (secondary N) is 1. The summed E-state index contributed by atoms with van der Waals surface area (Å²) in [6.07, 6.45) is 4.66. The number of rotatable bonds is 4. The fourth-order valence-electron chi connectivity index (χ4n) is 2.35. The summed E-state index contributed by atoms with van der Waals surface area (Å²) in [5.41, 5.74) is 5.37. The van der Waals surface area contributed by atoms with Crippen LogP contribution in [-0.4, -0.2) is 25.5 Å². The maximum absolute atomic E-state index is 12.3. The van der Waals surface area contributed by atoms with Gasteiger partial charge in [0.05, 0.1) is 0 Å². The van der Waals surface area contributed by atoms with Crippen molar-refractivity contribution >= 4 is 10.0 Å². The van der Waals surface area contributed by atoms with Crippen molar-refractivity contribution in [1.82, 2.24) is 9.71 Å². The van der Waals surface area contributed by atoms with Crippen molar-refractivity contribution in [3.05, 3.63) is 24.0 Å². The van der Waals surface area contributed by atoms with Crippen LogP contribution < -0.4 is 10.5 Å². The van der Waals surface area contributed by atoms with Crippen molar-refractivity contribution in [3.63, 3.8) is 0 Å². The minimum atomic E-state index is -3.64. The van der Waals surface area contributed by atoms with Gasteiger partial charge >= 0.3 is 0 Å². The van der Waals surface area contributed by atoms with E-state index >= 15 is 0 Å². The van der Waals surface area contributed by atoms with Crippen molar-refractivity contribution in [2.24, 2.45) is 5.73 Å². The molecule has 102 valence electrons. The van der Waals surface area contributed by atoms with Gasteiger partial charge in [0.2, 0.25) is 10.0 Å². The highest BCUT2D eigenvalue weighted by Crippen LogP contribution is 2.30. The third kappa shape index (κ3) is 2.92. The number of nitriles is 1.